The van der Waals surface area contributed by atoms with E-state index < -0.39 is 17.7 Å². The molecule has 3 nitrogen and oxygen atoms in total. The SMILES string of the molecule is NC(Cn1cnc2ccccc21)c1c(F)ccc(Br)c1F. The molecule has 1 atom stereocenters. The van der Waals surface area contributed by atoms with Gasteiger partial charge in [0.1, 0.15) is 11.6 Å². The predicted molar refractivity (Wildman–Crippen MR) is 80.7 cm³/mol. The van der Waals surface area contributed by atoms with Gasteiger partial charge in [-0.3, -0.25) is 0 Å². The van der Waals surface area contributed by atoms with Crippen LogP contribution in [0.1, 0.15) is 11.6 Å². The minimum Gasteiger partial charge on any atom is -0.329 e. The van der Waals surface area contributed by atoms with E-state index in [1.807, 2.05) is 24.3 Å². The van der Waals surface area contributed by atoms with Gasteiger partial charge >= 0.3 is 0 Å². The van der Waals surface area contributed by atoms with Crippen molar-refractivity contribution in [2.75, 3.05) is 0 Å². The summed E-state index contributed by atoms with van der Waals surface area (Å²) >= 11 is 3.05. The first-order valence-corrected chi connectivity index (χ1v) is 7.16. The van der Waals surface area contributed by atoms with E-state index in [1.54, 1.807) is 10.9 Å². The molecule has 2 N–H and O–H groups in total. The van der Waals surface area contributed by atoms with E-state index in [-0.39, 0.29) is 16.6 Å². The van der Waals surface area contributed by atoms with Gasteiger partial charge in [-0.05, 0) is 40.2 Å². The Morgan fingerprint density at radius 3 is 2.76 bits per heavy atom. The molecule has 0 aliphatic carbocycles. The van der Waals surface area contributed by atoms with Crippen molar-refractivity contribution in [3.05, 3.63) is 64.4 Å². The Balaban J connectivity index is 1.97. The van der Waals surface area contributed by atoms with Gasteiger partial charge in [-0.15, -0.1) is 0 Å². The Morgan fingerprint density at radius 2 is 1.95 bits per heavy atom. The zero-order valence-electron chi connectivity index (χ0n) is 10.9. The van der Waals surface area contributed by atoms with Gasteiger partial charge in [-0.2, -0.15) is 0 Å². The molecule has 0 aliphatic heterocycles. The van der Waals surface area contributed by atoms with E-state index >= 15 is 0 Å². The van der Waals surface area contributed by atoms with Gasteiger partial charge in [0.2, 0.25) is 0 Å². The first-order chi connectivity index (χ1) is 10.1. The van der Waals surface area contributed by atoms with Crippen LogP contribution in [0.15, 0.2) is 47.2 Å². The molecule has 0 aliphatic rings. The highest BCUT2D eigenvalue weighted by molar-refractivity contribution is 9.10. The van der Waals surface area contributed by atoms with Gasteiger partial charge in [0.05, 0.1) is 27.9 Å². The third-order valence-corrected chi connectivity index (χ3v) is 3.98. The quantitative estimate of drug-likeness (QED) is 0.729. The number of aromatic nitrogens is 2. The second kappa shape index (κ2) is 5.54. The molecule has 108 valence electrons. The maximum Gasteiger partial charge on any atom is 0.145 e. The normalized spacial score (nSPS) is 12.8. The number of hydrogen-bond donors (Lipinski definition) is 1. The lowest BCUT2D eigenvalue weighted by atomic mass is 10.1. The molecule has 1 unspecified atom stereocenters. The molecule has 0 amide bonds. The zero-order valence-corrected chi connectivity index (χ0v) is 12.5. The highest BCUT2D eigenvalue weighted by Crippen LogP contribution is 2.27. The van der Waals surface area contributed by atoms with Crippen molar-refractivity contribution in [1.82, 2.24) is 9.55 Å². The largest absolute Gasteiger partial charge is 0.329 e. The Hall–Kier alpha value is -1.79. The summed E-state index contributed by atoms with van der Waals surface area (Å²) in [4.78, 5) is 4.24. The Kier molecular flexibility index (Phi) is 3.73. The second-order valence-corrected chi connectivity index (χ2v) is 5.60. The van der Waals surface area contributed by atoms with Crippen molar-refractivity contribution >= 4 is 27.0 Å². The summed E-state index contributed by atoms with van der Waals surface area (Å²) in [5.74, 6) is -1.31. The molecule has 21 heavy (non-hydrogen) atoms. The van der Waals surface area contributed by atoms with Crippen LogP contribution in [0.25, 0.3) is 11.0 Å². The molecule has 2 aromatic carbocycles. The van der Waals surface area contributed by atoms with Crippen molar-refractivity contribution < 1.29 is 8.78 Å². The highest BCUT2D eigenvalue weighted by Gasteiger charge is 2.20. The number of hydrogen-bond acceptors (Lipinski definition) is 2. The molecule has 0 bridgehead atoms. The minimum absolute atomic E-state index is 0.123. The maximum absolute atomic E-state index is 14.1. The molecular formula is C15H12BrF2N3. The van der Waals surface area contributed by atoms with Crippen molar-refractivity contribution in [2.24, 2.45) is 5.73 Å². The summed E-state index contributed by atoms with van der Waals surface area (Å²) in [5.41, 5.74) is 7.57. The summed E-state index contributed by atoms with van der Waals surface area (Å²) in [6, 6.07) is 9.25. The molecule has 6 heteroatoms. The lowest BCUT2D eigenvalue weighted by Crippen LogP contribution is -2.20. The highest BCUT2D eigenvalue weighted by atomic mass is 79.9. The lowest BCUT2D eigenvalue weighted by Gasteiger charge is -2.16. The van der Waals surface area contributed by atoms with Gasteiger partial charge < -0.3 is 10.3 Å². The van der Waals surface area contributed by atoms with E-state index in [4.69, 9.17) is 5.73 Å². The van der Waals surface area contributed by atoms with Crippen LogP contribution >= 0.6 is 15.9 Å². The topological polar surface area (TPSA) is 43.8 Å². The summed E-state index contributed by atoms with van der Waals surface area (Å²) in [7, 11) is 0. The fourth-order valence-corrected chi connectivity index (χ4v) is 2.69. The van der Waals surface area contributed by atoms with Crippen LogP contribution in [0, 0.1) is 11.6 Å². The van der Waals surface area contributed by atoms with Gasteiger partial charge in [-0.25, -0.2) is 13.8 Å². The average molecular weight is 352 g/mol. The fraction of sp³-hybridized carbons (Fsp3) is 0.133. The third-order valence-electron chi connectivity index (χ3n) is 3.37. The van der Waals surface area contributed by atoms with E-state index in [0.29, 0.717) is 0 Å². The number of fused-ring (bicyclic) bond motifs is 1. The number of imidazole rings is 1. The maximum atomic E-state index is 14.1. The number of benzene rings is 2. The Morgan fingerprint density at radius 1 is 1.19 bits per heavy atom. The minimum atomic E-state index is -0.805. The molecular weight excluding hydrogens is 340 g/mol. The molecule has 0 spiro atoms. The molecule has 0 radical (unpaired) electrons. The summed E-state index contributed by atoms with van der Waals surface area (Å²) in [6.45, 7) is 0.241. The molecule has 1 aromatic heterocycles. The molecule has 3 rings (SSSR count). The van der Waals surface area contributed by atoms with Crippen LogP contribution in [0.5, 0.6) is 0 Å². The molecule has 1 heterocycles. The number of para-hydroxylation sites is 2. The van der Waals surface area contributed by atoms with Crippen LogP contribution in [-0.2, 0) is 6.54 Å². The molecule has 0 fully saturated rings. The predicted octanol–water partition coefficient (Wildman–Crippen LogP) is 3.78. The average Bonchev–Trinajstić information content (AvgIpc) is 2.87. The molecule has 0 saturated carbocycles. The number of nitrogens with zero attached hydrogens (tertiary/aromatic N) is 2. The summed E-state index contributed by atoms with van der Waals surface area (Å²) in [6.07, 6.45) is 1.62. The van der Waals surface area contributed by atoms with Crippen molar-refractivity contribution in [2.45, 2.75) is 12.6 Å². The standard InChI is InChI=1S/C15H12BrF2N3/c16-9-5-6-10(17)14(15(9)18)11(19)7-21-8-20-12-3-1-2-4-13(12)21/h1-6,8,11H,7,19H2. The molecule has 0 saturated heterocycles. The van der Waals surface area contributed by atoms with Crippen LogP contribution in [0.3, 0.4) is 0 Å². The summed E-state index contributed by atoms with van der Waals surface area (Å²) in [5, 5.41) is 0. The Bertz CT molecular complexity index is 801. The van der Waals surface area contributed by atoms with Crippen LogP contribution in [0.4, 0.5) is 8.78 Å². The van der Waals surface area contributed by atoms with E-state index in [2.05, 4.69) is 20.9 Å². The van der Waals surface area contributed by atoms with Crippen LogP contribution in [-0.4, -0.2) is 9.55 Å². The van der Waals surface area contributed by atoms with Gasteiger partial charge in [0, 0.05) is 12.1 Å². The van der Waals surface area contributed by atoms with Crippen molar-refractivity contribution in [1.29, 1.82) is 0 Å². The first-order valence-electron chi connectivity index (χ1n) is 6.37. The molecule has 3 aromatic rings. The zero-order chi connectivity index (χ0) is 15.0. The van der Waals surface area contributed by atoms with E-state index in [9.17, 15) is 8.78 Å². The Labute approximate surface area is 128 Å². The van der Waals surface area contributed by atoms with Gasteiger partial charge in [0.15, 0.2) is 0 Å². The number of rotatable bonds is 3. The monoisotopic (exact) mass is 351 g/mol. The lowest BCUT2D eigenvalue weighted by molar-refractivity contribution is 0.492. The van der Waals surface area contributed by atoms with Gasteiger partial charge in [-0.1, -0.05) is 12.1 Å². The smallest absolute Gasteiger partial charge is 0.145 e. The van der Waals surface area contributed by atoms with Crippen LogP contribution in [0.2, 0.25) is 0 Å². The van der Waals surface area contributed by atoms with Crippen molar-refractivity contribution in [3.8, 4) is 0 Å². The van der Waals surface area contributed by atoms with E-state index in [0.717, 1.165) is 11.0 Å². The second-order valence-electron chi connectivity index (χ2n) is 4.75. The van der Waals surface area contributed by atoms with Crippen LogP contribution < -0.4 is 5.73 Å². The fourth-order valence-electron chi connectivity index (χ4n) is 2.34. The number of halogens is 3. The van der Waals surface area contributed by atoms with E-state index in [1.165, 1.54) is 12.1 Å². The first kappa shape index (κ1) is 14.2. The van der Waals surface area contributed by atoms with Gasteiger partial charge in [0.25, 0.3) is 0 Å². The van der Waals surface area contributed by atoms with Crippen molar-refractivity contribution in [3.63, 3.8) is 0 Å². The number of nitrogens with two attached hydrogens (primary N) is 1. The third kappa shape index (κ3) is 2.56. The summed E-state index contributed by atoms with van der Waals surface area (Å²) < 4.78 is 29.9.